The minimum absolute atomic E-state index is 0.0118. The second-order valence-corrected chi connectivity index (χ2v) is 10.2. The van der Waals surface area contributed by atoms with Gasteiger partial charge in [0.1, 0.15) is 12.7 Å². The molecule has 5 aliphatic rings. The zero-order valence-corrected chi connectivity index (χ0v) is 17.5. The maximum atomic E-state index is 13.1. The van der Waals surface area contributed by atoms with Gasteiger partial charge in [-0.05, 0) is 48.8 Å². The number of carbonyl (C=O) groups is 2. The van der Waals surface area contributed by atoms with Gasteiger partial charge in [-0.3, -0.25) is 9.59 Å². The van der Waals surface area contributed by atoms with Crippen molar-refractivity contribution in [3.8, 4) is 0 Å². The number of allylic oxidation sites excluding steroid dienone is 3. The lowest BCUT2D eigenvalue weighted by molar-refractivity contribution is -0.150. The number of aliphatic imine (C=N–C) groups is 1. The van der Waals surface area contributed by atoms with Gasteiger partial charge in [0.25, 0.3) is 0 Å². The van der Waals surface area contributed by atoms with E-state index in [1.165, 1.54) is 12.2 Å². The Bertz CT molecular complexity index is 923. The summed E-state index contributed by atoms with van der Waals surface area (Å²) in [6.45, 7) is 5.06. The third-order valence-corrected chi connectivity index (χ3v) is 8.92. The van der Waals surface area contributed by atoms with E-state index < -0.39 is 41.3 Å². The van der Waals surface area contributed by atoms with Gasteiger partial charge in [0.2, 0.25) is 0 Å². The predicted octanol–water partition coefficient (Wildman–Crippen LogP) is 0.963. The van der Waals surface area contributed by atoms with Gasteiger partial charge < -0.3 is 20.1 Å². The number of Topliss-reactive ketones (excluding diaryl/α,β-unsaturated/α-hetero) is 1. The Morgan fingerprint density at radius 2 is 2.03 bits per heavy atom. The molecule has 0 aromatic carbocycles. The molecule has 4 aliphatic carbocycles. The fourth-order valence-electron chi connectivity index (χ4n) is 7.86. The van der Waals surface area contributed by atoms with Crippen molar-refractivity contribution in [2.75, 3.05) is 6.61 Å². The van der Waals surface area contributed by atoms with E-state index in [-0.39, 0.29) is 29.3 Å². The molecule has 5 rings (SSSR count). The number of carbonyl (C=O) groups excluding carboxylic acids is 2. The highest BCUT2D eigenvalue weighted by molar-refractivity contribution is 6.01. The normalized spacial score (nSPS) is 51.2. The SMILES string of the molecule is CC1=N[C@]2(C(=O)CO)C(C[C@H]3[C@@H]4C[C@@H](O)C5=CC(=O)C=C[C@]5(C)[C@H]4[C@@H](O)C[C@@]32C)O1. The lowest BCUT2D eigenvalue weighted by Crippen LogP contribution is -2.63. The molecule has 0 radical (unpaired) electrons. The molecular weight excluding hydrogens is 386 g/mol. The maximum absolute atomic E-state index is 13.1. The zero-order chi connectivity index (χ0) is 21.6. The molecule has 1 heterocycles. The molecule has 162 valence electrons. The van der Waals surface area contributed by atoms with Crippen molar-refractivity contribution in [3.63, 3.8) is 0 Å². The predicted molar refractivity (Wildman–Crippen MR) is 108 cm³/mol. The van der Waals surface area contributed by atoms with E-state index in [1.54, 1.807) is 6.92 Å². The molecule has 0 saturated heterocycles. The van der Waals surface area contributed by atoms with Gasteiger partial charge >= 0.3 is 0 Å². The summed E-state index contributed by atoms with van der Waals surface area (Å²) in [7, 11) is 0. The number of nitrogens with zero attached hydrogens (tertiary/aromatic N) is 1. The second-order valence-electron chi connectivity index (χ2n) is 10.2. The highest BCUT2D eigenvalue weighted by Gasteiger charge is 2.74. The Kier molecular flexibility index (Phi) is 4.09. The molecule has 30 heavy (non-hydrogen) atoms. The standard InChI is InChI=1S/C23H29NO6/c1-11-24-23(18(29)10-25)19(30-11)8-14-13-7-16(27)15-6-12(26)4-5-21(15,2)20(13)17(28)9-22(14,23)3/h4-6,13-14,16-17,19-20,25,27-28H,7-10H2,1-3H3/t13-,14-,16+,17-,19?,20+,21-,22-,23+/m0/s1. The first kappa shape index (κ1) is 20.1. The smallest absolute Gasteiger partial charge is 0.190 e. The van der Waals surface area contributed by atoms with E-state index in [0.29, 0.717) is 30.7 Å². The van der Waals surface area contributed by atoms with Gasteiger partial charge in [-0.15, -0.1) is 0 Å². The van der Waals surface area contributed by atoms with Crippen LogP contribution in [0.5, 0.6) is 0 Å². The topological polar surface area (TPSA) is 116 Å². The molecule has 1 aliphatic heterocycles. The fourth-order valence-corrected chi connectivity index (χ4v) is 7.86. The molecule has 0 bridgehead atoms. The average molecular weight is 415 g/mol. The molecule has 3 fully saturated rings. The summed E-state index contributed by atoms with van der Waals surface area (Å²) < 4.78 is 5.96. The van der Waals surface area contributed by atoms with Crippen LogP contribution in [0.15, 0.2) is 28.8 Å². The highest BCUT2D eigenvalue weighted by Crippen LogP contribution is 2.69. The van der Waals surface area contributed by atoms with Crippen molar-refractivity contribution in [3.05, 3.63) is 23.8 Å². The molecule has 0 spiro atoms. The van der Waals surface area contributed by atoms with Crippen LogP contribution in [0.2, 0.25) is 0 Å². The van der Waals surface area contributed by atoms with Gasteiger partial charge in [-0.25, -0.2) is 4.99 Å². The Morgan fingerprint density at radius 1 is 1.30 bits per heavy atom. The summed E-state index contributed by atoms with van der Waals surface area (Å²) in [4.78, 5) is 29.7. The van der Waals surface area contributed by atoms with Crippen molar-refractivity contribution in [2.45, 2.75) is 63.9 Å². The van der Waals surface area contributed by atoms with Crippen LogP contribution < -0.4 is 0 Å². The number of aliphatic hydroxyl groups excluding tert-OH is 3. The Hall–Kier alpha value is -1.83. The Labute approximate surface area is 175 Å². The third-order valence-electron chi connectivity index (χ3n) is 8.92. The quantitative estimate of drug-likeness (QED) is 0.619. The van der Waals surface area contributed by atoms with Crippen LogP contribution in [0, 0.1) is 28.6 Å². The molecule has 0 aromatic rings. The van der Waals surface area contributed by atoms with Crippen LogP contribution in [-0.2, 0) is 14.3 Å². The minimum Gasteiger partial charge on any atom is -0.475 e. The van der Waals surface area contributed by atoms with E-state index in [4.69, 9.17) is 4.74 Å². The summed E-state index contributed by atoms with van der Waals surface area (Å²) in [5.41, 5.74) is -1.85. The second kappa shape index (κ2) is 6.11. The monoisotopic (exact) mass is 415 g/mol. The van der Waals surface area contributed by atoms with Crippen molar-refractivity contribution >= 4 is 17.5 Å². The first-order valence-electron chi connectivity index (χ1n) is 10.8. The number of rotatable bonds is 2. The summed E-state index contributed by atoms with van der Waals surface area (Å²) in [5.74, 6) is -0.334. The van der Waals surface area contributed by atoms with Crippen LogP contribution in [0.3, 0.4) is 0 Å². The van der Waals surface area contributed by atoms with Gasteiger partial charge in [-0.1, -0.05) is 19.9 Å². The molecule has 9 atom stereocenters. The summed E-state index contributed by atoms with van der Waals surface area (Å²) in [6, 6.07) is 0. The molecule has 3 N–H and O–H groups in total. The van der Waals surface area contributed by atoms with E-state index >= 15 is 0 Å². The van der Waals surface area contributed by atoms with Gasteiger partial charge in [0, 0.05) is 23.7 Å². The van der Waals surface area contributed by atoms with Crippen LogP contribution in [0.1, 0.15) is 40.0 Å². The van der Waals surface area contributed by atoms with Gasteiger partial charge in [-0.2, -0.15) is 0 Å². The lowest BCUT2D eigenvalue weighted by Gasteiger charge is -2.60. The molecular formula is C23H29NO6. The first-order valence-corrected chi connectivity index (χ1v) is 10.8. The van der Waals surface area contributed by atoms with E-state index in [1.807, 2.05) is 19.9 Å². The Balaban J connectivity index is 1.63. The number of hydrogen-bond acceptors (Lipinski definition) is 7. The zero-order valence-electron chi connectivity index (χ0n) is 17.5. The van der Waals surface area contributed by atoms with Crippen LogP contribution in [0.25, 0.3) is 0 Å². The molecule has 7 heteroatoms. The largest absolute Gasteiger partial charge is 0.475 e. The molecule has 7 nitrogen and oxygen atoms in total. The first-order chi connectivity index (χ1) is 14.1. The number of hydrogen-bond donors (Lipinski definition) is 3. The molecule has 3 saturated carbocycles. The van der Waals surface area contributed by atoms with Crippen LogP contribution in [-0.4, -0.2) is 63.2 Å². The molecule has 0 amide bonds. The number of fused-ring (bicyclic) bond motifs is 7. The summed E-state index contributed by atoms with van der Waals surface area (Å²) in [6.07, 6.45) is 4.23. The third kappa shape index (κ3) is 2.18. The maximum Gasteiger partial charge on any atom is 0.190 e. The summed E-state index contributed by atoms with van der Waals surface area (Å²) >= 11 is 0. The fraction of sp³-hybridized carbons (Fsp3) is 0.696. The highest BCUT2D eigenvalue weighted by atomic mass is 16.5. The van der Waals surface area contributed by atoms with Crippen molar-refractivity contribution < 1.29 is 29.6 Å². The van der Waals surface area contributed by atoms with Crippen molar-refractivity contribution in [1.29, 1.82) is 0 Å². The minimum atomic E-state index is -1.21. The Morgan fingerprint density at radius 3 is 2.73 bits per heavy atom. The van der Waals surface area contributed by atoms with E-state index in [2.05, 4.69) is 4.99 Å². The molecule has 0 aromatic heterocycles. The number of ether oxygens (including phenoxy) is 1. The van der Waals surface area contributed by atoms with Gasteiger partial charge in [0.05, 0.1) is 12.2 Å². The van der Waals surface area contributed by atoms with Crippen molar-refractivity contribution in [1.82, 2.24) is 0 Å². The summed E-state index contributed by atoms with van der Waals surface area (Å²) in [5, 5.41) is 32.2. The lowest BCUT2D eigenvalue weighted by atomic mass is 9.45. The number of aliphatic hydroxyl groups is 3. The number of ketones is 2. The molecule has 1 unspecified atom stereocenters. The van der Waals surface area contributed by atoms with E-state index in [9.17, 15) is 24.9 Å². The van der Waals surface area contributed by atoms with Crippen LogP contribution in [0.4, 0.5) is 0 Å². The van der Waals surface area contributed by atoms with E-state index in [0.717, 1.165) is 0 Å². The van der Waals surface area contributed by atoms with Crippen molar-refractivity contribution in [2.24, 2.45) is 33.6 Å². The van der Waals surface area contributed by atoms with Gasteiger partial charge in [0.15, 0.2) is 23.0 Å². The average Bonchev–Trinajstić information content (AvgIpc) is 3.13. The van der Waals surface area contributed by atoms with Crippen LogP contribution >= 0.6 is 0 Å².